The first kappa shape index (κ1) is 6.89. The fraction of sp³-hybridized carbons (Fsp3) is 0.889. The predicted octanol–water partition coefficient (Wildman–Crippen LogP) is -0.268. The van der Waals surface area contributed by atoms with Crippen LogP contribution in [0.5, 0.6) is 0 Å². The van der Waals surface area contributed by atoms with Crippen LogP contribution in [0.25, 0.3) is 0 Å². The lowest BCUT2D eigenvalue weighted by Crippen LogP contribution is -2.61. The highest BCUT2D eigenvalue weighted by Gasteiger charge is 2.53. The monoisotopic (exact) mass is 166 g/mol. The van der Waals surface area contributed by atoms with Crippen LogP contribution in [0.1, 0.15) is 12.8 Å². The molecule has 3 rings (SSSR count). The van der Waals surface area contributed by atoms with Crippen molar-refractivity contribution in [1.29, 1.82) is 0 Å². The van der Waals surface area contributed by atoms with Crippen molar-refractivity contribution in [1.82, 2.24) is 10.6 Å². The zero-order valence-corrected chi connectivity index (χ0v) is 7.10. The Morgan fingerprint density at radius 1 is 1.33 bits per heavy atom. The third-order valence-corrected chi connectivity index (χ3v) is 3.66. The lowest BCUT2D eigenvalue weighted by molar-refractivity contribution is -0.134. The van der Waals surface area contributed by atoms with Crippen molar-refractivity contribution in [3.8, 4) is 0 Å². The van der Waals surface area contributed by atoms with Crippen LogP contribution in [0.15, 0.2) is 0 Å². The molecule has 2 heterocycles. The number of nitrogens with one attached hydrogen (secondary N) is 2. The molecule has 3 fully saturated rings. The van der Waals surface area contributed by atoms with Crippen molar-refractivity contribution < 1.29 is 4.79 Å². The van der Waals surface area contributed by atoms with Crippen LogP contribution in [0.3, 0.4) is 0 Å². The maximum absolute atomic E-state index is 11.6. The molecule has 0 radical (unpaired) electrons. The van der Waals surface area contributed by atoms with Gasteiger partial charge in [-0.05, 0) is 24.7 Å². The summed E-state index contributed by atoms with van der Waals surface area (Å²) in [5, 5.41) is 6.26. The highest BCUT2D eigenvalue weighted by molar-refractivity contribution is 5.84. The van der Waals surface area contributed by atoms with Crippen LogP contribution in [-0.2, 0) is 4.79 Å². The number of carbonyl (C=O) groups excluding carboxylic acids is 1. The molecule has 66 valence electrons. The van der Waals surface area contributed by atoms with E-state index < -0.39 is 0 Å². The minimum absolute atomic E-state index is 0.00405. The Balaban J connectivity index is 1.84. The predicted molar refractivity (Wildman–Crippen MR) is 44.5 cm³/mol. The van der Waals surface area contributed by atoms with E-state index in [2.05, 4.69) is 10.6 Å². The van der Waals surface area contributed by atoms with Gasteiger partial charge in [0.25, 0.3) is 0 Å². The number of carbonyl (C=O) groups is 1. The summed E-state index contributed by atoms with van der Waals surface area (Å²) in [6.45, 7) is 2.75. The first-order valence-corrected chi connectivity index (χ1v) is 4.79. The smallest absolute Gasteiger partial charge is 0.228 e. The topological polar surface area (TPSA) is 41.1 Å². The van der Waals surface area contributed by atoms with E-state index in [0.717, 1.165) is 37.9 Å². The fourth-order valence-electron chi connectivity index (χ4n) is 2.55. The average molecular weight is 166 g/mol. The molecule has 1 spiro atoms. The molecule has 3 heteroatoms. The van der Waals surface area contributed by atoms with Crippen molar-refractivity contribution >= 4 is 5.91 Å². The largest absolute Gasteiger partial charge is 0.355 e. The van der Waals surface area contributed by atoms with Crippen molar-refractivity contribution in [3.63, 3.8) is 0 Å². The van der Waals surface area contributed by atoms with Crippen LogP contribution < -0.4 is 10.6 Å². The summed E-state index contributed by atoms with van der Waals surface area (Å²) in [4.78, 5) is 11.6. The van der Waals surface area contributed by atoms with Gasteiger partial charge in [-0.3, -0.25) is 4.79 Å². The molecule has 2 N–H and O–H groups in total. The molecule has 0 aromatic rings. The number of hydrogen-bond acceptors (Lipinski definition) is 2. The molecule has 1 saturated carbocycles. The normalized spacial score (nSPS) is 42.5. The van der Waals surface area contributed by atoms with E-state index >= 15 is 0 Å². The minimum atomic E-state index is -0.00405. The molecule has 2 aliphatic heterocycles. The van der Waals surface area contributed by atoms with Gasteiger partial charge in [0.15, 0.2) is 0 Å². The van der Waals surface area contributed by atoms with Crippen LogP contribution in [0.2, 0.25) is 0 Å². The third kappa shape index (κ3) is 0.774. The molecule has 1 aliphatic carbocycles. The molecular formula is C9H14N2O. The summed E-state index contributed by atoms with van der Waals surface area (Å²) >= 11 is 0. The molecule has 2 saturated heterocycles. The van der Waals surface area contributed by atoms with Crippen molar-refractivity contribution in [2.24, 2.45) is 17.3 Å². The summed E-state index contributed by atoms with van der Waals surface area (Å²) in [6.07, 6.45) is 2.48. The van der Waals surface area contributed by atoms with Gasteiger partial charge < -0.3 is 10.6 Å². The second-order valence-electron chi connectivity index (χ2n) is 4.55. The van der Waals surface area contributed by atoms with E-state index in [4.69, 9.17) is 0 Å². The number of fused-ring (bicyclic) bond motifs is 1. The first-order valence-electron chi connectivity index (χ1n) is 4.79. The molecule has 0 aromatic carbocycles. The summed E-state index contributed by atoms with van der Waals surface area (Å²) < 4.78 is 0. The van der Waals surface area contributed by atoms with Gasteiger partial charge in [0.1, 0.15) is 0 Å². The van der Waals surface area contributed by atoms with E-state index in [9.17, 15) is 4.79 Å². The first-order chi connectivity index (χ1) is 5.80. The van der Waals surface area contributed by atoms with Gasteiger partial charge in [0, 0.05) is 19.6 Å². The van der Waals surface area contributed by atoms with Crippen LogP contribution in [-0.4, -0.2) is 25.5 Å². The second kappa shape index (κ2) is 2.02. The Morgan fingerprint density at radius 2 is 2.17 bits per heavy atom. The van der Waals surface area contributed by atoms with Crippen molar-refractivity contribution in [2.75, 3.05) is 19.6 Å². The average Bonchev–Trinajstić information content (AvgIpc) is 2.69. The van der Waals surface area contributed by atoms with Gasteiger partial charge in [0.2, 0.25) is 5.91 Å². The summed E-state index contributed by atoms with van der Waals surface area (Å²) in [5.74, 6) is 1.97. The molecule has 3 nitrogen and oxygen atoms in total. The van der Waals surface area contributed by atoms with Crippen LogP contribution >= 0.6 is 0 Å². The molecule has 3 aliphatic rings. The van der Waals surface area contributed by atoms with Gasteiger partial charge in [-0.1, -0.05) is 0 Å². The van der Waals surface area contributed by atoms with E-state index in [1.807, 2.05) is 0 Å². The zero-order chi connectivity index (χ0) is 8.18. The summed E-state index contributed by atoms with van der Waals surface area (Å²) in [5.41, 5.74) is -0.00405. The Bertz CT molecular complexity index is 235. The lowest BCUT2D eigenvalue weighted by Gasteiger charge is -2.40. The standard InChI is InChI=1S/C9H14N2O/c12-8-9(4-10-5-9)2-6-1-7(6)3-11-8/h6-7,10H,1-5H2,(H,11,12). The van der Waals surface area contributed by atoms with Gasteiger partial charge in [-0.25, -0.2) is 0 Å². The number of rotatable bonds is 0. The molecule has 0 bridgehead atoms. The highest BCUT2D eigenvalue weighted by Crippen LogP contribution is 2.49. The van der Waals surface area contributed by atoms with Crippen molar-refractivity contribution in [3.05, 3.63) is 0 Å². The SMILES string of the molecule is O=C1NCC2CC2CC12CNC2. The molecule has 2 unspecified atom stereocenters. The van der Waals surface area contributed by atoms with Gasteiger partial charge >= 0.3 is 0 Å². The van der Waals surface area contributed by atoms with Crippen LogP contribution in [0.4, 0.5) is 0 Å². The number of amides is 1. The Kier molecular flexibility index (Phi) is 1.16. The van der Waals surface area contributed by atoms with E-state index in [1.54, 1.807) is 0 Å². The van der Waals surface area contributed by atoms with Gasteiger partial charge in [0.05, 0.1) is 5.41 Å². The van der Waals surface area contributed by atoms with Crippen LogP contribution in [0, 0.1) is 17.3 Å². The summed E-state index contributed by atoms with van der Waals surface area (Å²) in [7, 11) is 0. The fourth-order valence-corrected chi connectivity index (χ4v) is 2.55. The molecule has 2 atom stereocenters. The van der Waals surface area contributed by atoms with E-state index in [0.29, 0.717) is 5.91 Å². The van der Waals surface area contributed by atoms with Gasteiger partial charge in [-0.15, -0.1) is 0 Å². The van der Waals surface area contributed by atoms with E-state index in [1.165, 1.54) is 6.42 Å². The summed E-state index contributed by atoms with van der Waals surface area (Å²) in [6, 6.07) is 0. The highest BCUT2D eigenvalue weighted by atomic mass is 16.2. The lowest BCUT2D eigenvalue weighted by atomic mass is 9.76. The Hall–Kier alpha value is -0.570. The van der Waals surface area contributed by atoms with Crippen molar-refractivity contribution in [2.45, 2.75) is 12.8 Å². The van der Waals surface area contributed by atoms with E-state index in [-0.39, 0.29) is 5.41 Å². The van der Waals surface area contributed by atoms with Gasteiger partial charge in [-0.2, -0.15) is 0 Å². The Labute approximate surface area is 71.9 Å². The number of hydrogen-bond donors (Lipinski definition) is 2. The minimum Gasteiger partial charge on any atom is -0.355 e. The third-order valence-electron chi connectivity index (χ3n) is 3.66. The second-order valence-corrected chi connectivity index (χ2v) is 4.55. The molecular weight excluding hydrogens is 152 g/mol. The molecule has 12 heavy (non-hydrogen) atoms. The maximum Gasteiger partial charge on any atom is 0.228 e. The molecule has 1 amide bonds. The maximum atomic E-state index is 11.6. The molecule has 0 aromatic heterocycles. The quantitative estimate of drug-likeness (QED) is 0.520. The Morgan fingerprint density at radius 3 is 2.83 bits per heavy atom. The zero-order valence-electron chi connectivity index (χ0n) is 7.10.